The molecule has 9 nitrogen and oxygen atoms in total. The van der Waals surface area contributed by atoms with Gasteiger partial charge in [-0.3, -0.25) is 9.59 Å². The Morgan fingerprint density at radius 2 is 1.73 bits per heavy atom. The predicted molar refractivity (Wildman–Crippen MR) is 113 cm³/mol. The van der Waals surface area contributed by atoms with Crippen LogP contribution in [0.5, 0.6) is 0 Å². The Balaban J connectivity index is 1.89. The number of aliphatic hydroxyl groups is 2. The maximum absolute atomic E-state index is 12.3. The molecule has 3 aliphatic carbocycles. The number of carbonyl (C=O) groups is 3. The van der Waals surface area contributed by atoms with E-state index in [0.29, 0.717) is 12.0 Å². The van der Waals surface area contributed by atoms with Gasteiger partial charge in [-0.2, -0.15) is 0 Å². The largest absolute Gasteiger partial charge is 0.459 e. The van der Waals surface area contributed by atoms with Gasteiger partial charge in [0.05, 0.1) is 11.7 Å². The average molecular weight is 467 g/mol. The molecule has 8 atom stereocenters. The highest BCUT2D eigenvalue weighted by molar-refractivity contribution is 5.86. The van der Waals surface area contributed by atoms with Gasteiger partial charge in [0.2, 0.25) is 5.79 Å². The van der Waals surface area contributed by atoms with Crippen LogP contribution in [-0.2, 0) is 33.3 Å². The molecular weight excluding hydrogens is 432 g/mol. The minimum absolute atomic E-state index is 0.0598. The number of rotatable bonds is 3. The van der Waals surface area contributed by atoms with Crippen molar-refractivity contribution >= 4 is 17.9 Å². The zero-order chi connectivity index (χ0) is 24.6. The van der Waals surface area contributed by atoms with Crippen LogP contribution < -0.4 is 0 Å². The smallest absolute Gasteiger partial charge is 0.333 e. The van der Waals surface area contributed by atoms with E-state index in [9.17, 15) is 24.6 Å². The van der Waals surface area contributed by atoms with Crippen LogP contribution in [0.1, 0.15) is 60.3 Å². The highest BCUT2D eigenvalue weighted by atomic mass is 16.7. The van der Waals surface area contributed by atoms with Crippen molar-refractivity contribution in [1.82, 2.24) is 0 Å². The second-order valence-corrected chi connectivity index (χ2v) is 10.9. The summed E-state index contributed by atoms with van der Waals surface area (Å²) in [5.74, 6) is -3.72. The lowest BCUT2D eigenvalue weighted by Gasteiger charge is -2.69. The van der Waals surface area contributed by atoms with Crippen molar-refractivity contribution in [3.63, 3.8) is 0 Å². The number of aliphatic hydroxyl groups excluding tert-OH is 1. The van der Waals surface area contributed by atoms with Gasteiger partial charge in [0.1, 0.15) is 12.2 Å². The number of carbonyl (C=O) groups excluding carboxylic acids is 3. The monoisotopic (exact) mass is 466 g/mol. The molecule has 3 saturated carbocycles. The van der Waals surface area contributed by atoms with Crippen LogP contribution in [-0.4, -0.2) is 64.9 Å². The maximum atomic E-state index is 12.3. The van der Waals surface area contributed by atoms with Crippen molar-refractivity contribution in [2.45, 2.75) is 90.0 Å². The molecule has 0 aromatic heterocycles. The van der Waals surface area contributed by atoms with Gasteiger partial charge < -0.3 is 29.2 Å². The Kier molecular flexibility index (Phi) is 5.50. The molecule has 3 fully saturated rings. The summed E-state index contributed by atoms with van der Waals surface area (Å²) in [7, 11) is 1.45. The van der Waals surface area contributed by atoms with E-state index in [1.807, 2.05) is 20.8 Å². The fourth-order valence-electron chi connectivity index (χ4n) is 7.34. The first-order chi connectivity index (χ1) is 15.2. The molecule has 0 bridgehead atoms. The zero-order valence-corrected chi connectivity index (χ0v) is 20.0. The Morgan fingerprint density at radius 3 is 2.30 bits per heavy atom. The highest BCUT2D eigenvalue weighted by Crippen LogP contribution is 2.68. The van der Waals surface area contributed by atoms with Crippen LogP contribution in [0.3, 0.4) is 0 Å². The molecule has 2 N–H and O–H groups in total. The van der Waals surface area contributed by atoms with E-state index in [0.717, 1.165) is 0 Å². The van der Waals surface area contributed by atoms with Crippen LogP contribution in [0.25, 0.3) is 0 Å². The molecule has 0 spiro atoms. The number of methoxy groups -OCH3 is 1. The van der Waals surface area contributed by atoms with E-state index < -0.39 is 64.4 Å². The summed E-state index contributed by atoms with van der Waals surface area (Å²) in [6.45, 7) is 8.14. The number of ether oxygens (including phenoxy) is 4. The molecule has 0 amide bonds. The van der Waals surface area contributed by atoms with Gasteiger partial charge in [0.25, 0.3) is 0 Å². The number of fused-ring (bicyclic) bond motifs is 4. The van der Waals surface area contributed by atoms with Gasteiger partial charge in [0, 0.05) is 50.9 Å². The predicted octanol–water partition coefficient (Wildman–Crippen LogP) is 1.63. The van der Waals surface area contributed by atoms with Crippen molar-refractivity contribution in [1.29, 1.82) is 0 Å². The van der Waals surface area contributed by atoms with Gasteiger partial charge in [-0.1, -0.05) is 20.8 Å². The third-order valence-electron chi connectivity index (χ3n) is 8.87. The second kappa shape index (κ2) is 7.52. The number of hydrogen-bond donors (Lipinski definition) is 2. The minimum atomic E-state index is -1.48. The van der Waals surface area contributed by atoms with Gasteiger partial charge in [0.15, 0.2) is 0 Å². The van der Waals surface area contributed by atoms with E-state index in [-0.39, 0.29) is 25.2 Å². The van der Waals surface area contributed by atoms with Crippen LogP contribution >= 0.6 is 0 Å². The summed E-state index contributed by atoms with van der Waals surface area (Å²) in [6, 6.07) is 0. The zero-order valence-electron chi connectivity index (χ0n) is 20.0. The SMILES string of the molecule is CO[C@@]12C[C@H]3[C@H](CC1=CC(=O)O2)[C@@H](O)C[C@@]1(O)C(C)(C)C[C@H](OC(C)=O)[C@H](OC(C)=O)[C@]31C. The topological polar surface area (TPSA) is 129 Å². The molecule has 9 heteroatoms. The first-order valence-corrected chi connectivity index (χ1v) is 11.4. The van der Waals surface area contributed by atoms with E-state index in [1.54, 1.807) is 0 Å². The molecular formula is C24H34O9. The minimum Gasteiger partial charge on any atom is -0.459 e. The Bertz CT molecular complexity index is 910. The third kappa shape index (κ3) is 3.26. The molecule has 0 saturated heterocycles. The lowest BCUT2D eigenvalue weighted by Crippen LogP contribution is -2.77. The first-order valence-electron chi connectivity index (χ1n) is 11.4. The molecule has 0 aromatic rings. The second-order valence-electron chi connectivity index (χ2n) is 10.9. The van der Waals surface area contributed by atoms with Crippen molar-refractivity contribution in [2.75, 3.05) is 7.11 Å². The fourth-order valence-corrected chi connectivity index (χ4v) is 7.34. The van der Waals surface area contributed by atoms with Gasteiger partial charge in [-0.15, -0.1) is 0 Å². The van der Waals surface area contributed by atoms with Crippen LogP contribution in [0, 0.1) is 22.7 Å². The van der Waals surface area contributed by atoms with Gasteiger partial charge in [-0.25, -0.2) is 4.79 Å². The van der Waals surface area contributed by atoms with E-state index in [1.165, 1.54) is 27.0 Å². The molecule has 1 aliphatic heterocycles. The van der Waals surface area contributed by atoms with Gasteiger partial charge >= 0.3 is 17.9 Å². The normalized spacial score (nSPS) is 45.6. The molecule has 0 aromatic carbocycles. The highest BCUT2D eigenvalue weighted by Gasteiger charge is 2.75. The summed E-state index contributed by atoms with van der Waals surface area (Å²) in [6.07, 6.45) is -0.392. The lowest BCUT2D eigenvalue weighted by molar-refractivity contribution is -0.329. The van der Waals surface area contributed by atoms with Crippen molar-refractivity contribution < 1.29 is 43.5 Å². The third-order valence-corrected chi connectivity index (χ3v) is 8.87. The molecule has 1 heterocycles. The molecule has 0 unspecified atom stereocenters. The molecule has 0 radical (unpaired) electrons. The standard InChI is InChI=1S/C24H34O9/c1-12(25)31-18-11-21(3,4)24(29)10-17(27)15-7-14-8-19(28)33-23(14,30-6)9-16(15)22(24,5)20(18)32-13(2)26/h8,15-18,20,27,29H,7,9-11H2,1-6H3/t15-,16-,17-,18-,20-,22-,23+,24+/m0/s1. The average Bonchev–Trinajstić information content (AvgIpc) is 3.02. The first kappa shape index (κ1) is 24.2. The number of hydrogen-bond acceptors (Lipinski definition) is 9. The Hall–Kier alpha value is -1.97. The summed E-state index contributed by atoms with van der Waals surface area (Å²) in [4.78, 5) is 36.3. The number of esters is 3. The Labute approximate surface area is 193 Å². The van der Waals surface area contributed by atoms with Crippen molar-refractivity contribution in [2.24, 2.45) is 22.7 Å². The molecule has 184 valence electrons. The van der Waals surface area contributed by atoms with Gasteiger partial charge in [-0.05, 0) is 30.1 Å². The quantitative estimate of drug-likeness (QED) is 0.471. The summed E-state index contributed by atoms with van der Waals surface area (Å²) >= 11 is 0. The van der Waals surface area contributed by atoms with Crippen LogP contribution in [0.4, 0.5) is 0 Å². The lowest BCUT2D eigenvalue weighted by atomic mass is 9.40. The van der Waals surface area contributed by atoms with E-state index in [2.05, 4.69) is 0 Å². The van der Waals surface area contributed by atoms with Crippen molar-refractivity contribution in [3.8, 4) is 0 Å². The summed E-state index contributed by atoms with van der Waals surface area (Å²) in [5, 5.41) is 23.5. The van der Waals surface area contributed by atoms with Crippen LogP contribution in [0.15, 0.2) is 11.6 Å². The molecule has 4 aliphatic rings. The summed E-state index contributed by atoms with van der Waals surface area (Å²) in [5.41, 5.74) is -2.76. The van der Waals surface area contributed by atoms with Crippen molar-refractivity contribution in [3.05, 3.63) is 11.6 Å². The molecule has 4 rings (SSSR count). The van der Waals surface area contributed by atoms with Crippen LogP contribution in [0.2, 0.25) is 0 Å². The fraction of sp³-hybridized carbons (Fsp3) is 0.792. The van der Waals surface area contributed by atoms with E-state index in [4.69, 9.17) is 18.9 Å². The summed E-state index contributed by atoms with van der Waals surface area (Å²) < 4.78 is 22.7. The maximum Gasteiger partial charge on any atom is 0.333 e. The Morgan fingerprint density at radius 1 is 1.09 bits per heavy atom. The van der Waals surface area contributed by atoms with E-state index >= 15 is 0 Å². The molecule has 33 heavy (non-hydrogen) atoms.